The number of fused-ring (bicyclic) bond motifs is 1. The van der Waals surface area contributed by atoms with Crippen LogP contribution in [0.1, 0.15) is 18.4 Å². The number of aromatic nitrogens is 2. The molecule has 0 saturated heterocycles. The average molecular weight is 482 g/mol. The Bertz CT molecular complexity index is 1350. The van der Waals surface area contributed by atoms with Crippen LogP contribution < -0.4 is 20.2 Å². The number of carbonyl (C=O) groups excluding carboxylic acids is 1. The number of methoxy groups -OCH3 is 2. The van der Waals surface area contributed by atoms with Gasteiger partial charge in [0, 0.05) is 12.7 Å². The van der Waals surface area contributed by atoms with Gasteiger partial charge < -0.3 is 18.6 Å². The quantitative estimate of drug-likeness (QED) is 0.377. The third-order valence-corrected chi connectivity index (χ3v) is 5.81. The monoisotopic (exact) mass is 481 g/mol. The summed E-state index contributed by atoms with van der Waals surface area (Å²) in [7, 11) is 3.12. The lowest BCUT2D eigenvalue weighted by molar-refractivity contribution is -0.122. The minimum atomic E-state index is -0.962. The topological polar surface area (TPSA) is 113 Å². The van der Waals surface area contributed by atoms with Gasteiger partial charge in [-0.2, -0.15) is 0 Å². The Morgan fingerprint density at radius 3 is 2.59 bits per heavy atom. The first kappa shape index (κ1) is 23.4. The molecular weight excluding hydrogens is 458 g/mol. The van der Waals surface area contributed by atoms with Crippen LogP contribution in [0.15, 0.2) is 57.7 Å². The van der Waals surface area contributed by atoms with Gasteiger partial charge in [-0.1, -0.05) is 30.4 Å². The van der Waals surface area contributed by atoms with E-state index in [1.165, 1.54) is 11.3 Å². The Balaban J connectivity index is 1.70. The predicted octanol–water partition coefficient (Wildman–Crippen LogP) is 4.26. The van der Waals surface area contributed by atoms with Crippen LogP contribution in [0.3, 0.4) is 0 Å². The first-order valence-corrected chi connectivity index (χ1v) is 11.3. The standard InChI is InChI=1S/C24H23N3O6S/c1-4-17(23(29)25-24-27-26-19(34-24)13-30-2)32-22-20(28)16-7-5-6-8-18(16)33-21(22)14-9-11-15(31-3)12-10-14/h5-12,17H,4,13H2,1-3H3,(H,25,27,29). The van der Waals surface area contributed by atoms with E-state index in [9.17, 15) is 9.59 Å². The van der Waals surface area contributed by atoms with E-state index in [2.05, 4.69) is 15.5 Å². The second kappa shape index (κ2) is 10.4. The van der Waals surface area contributed by atoms with Crippen molar-refractivity contribution in [2.45, 2.75) is 26.1 Å². The Hall–Kier alpha value is -3.76. The van der Waals surface area contributed by atoms with Crippen molar-refractivity contribution < 1.29 is 23.4 Å². The lowest BCUT2D eigenvalue weighted by atomic mass is 10.1. The van der Waals surface area contributed by atoms with Crippen molar-refractivity contribution >= 4 is 33.3 Å². The molecule has 0 bridgehead atoms. The van der Waals surface area contributed by atoms with Gasteiger partial charge in [-0.25, -0.2) is 0 Å². The van der Waals surface area contributed by atoms with Crippen LogP contribution in [0, 0.1) is 0 Å². The summed E-state index contributed by atoms with van der Waals surface area (Å²) >= 11 is 1.20. The molecule has 0 aliphatic rings. The molecule has 4 rings (SSSR count). The lowest BCUT2D eigenvalue weighted by Gasteiger charge is -2.18. The zero-order valence-electron chi connectivity index (χ0n) is 18.9. The van der Waals surface area contributed by atoms with E-state index < -0.39 is 12.0 Å². The van der Waals surface area contributed by atoms with Gasteiger partial charge in [-0.05, 0) is 42.8 Å². The molecule has 0 radical (unpaired) electrons. The minimum Gasteiger partial charge on any atom is -0.497 e. The number of para-hydroxylation sites is 1. The lowest BCUT2D eigenvalue weighted by Crippen LogP contribution is -2.34. The number of ether oxygens (including phenoxy) is 3. The van der Waals surface area contributed by atoms with E-state index >= 15 is 0 Å². The van der Waals surface area contributed by atoms with Crippen LogP contribution in [0.5, 0.6) is 11.5 Å². The van der Waals surface area contributed by atoms with Crippen LogP contribution in [-0.4, -0.2) is 36.4 Å². The van der Waals surface area contributed by atoms with Crippen LogP contribution >= 0.6 is 11.3 Å². The zero-order valence-corrected chi connectivity index (χ0v) is 19.7. The number of benzene rings is 2. The number of nitrogens with one attached hydrogen (secondary N) is 1. The van der Waals surface area contributed by atoms with Crippen LogP contribution in [0.2, 0.25) is 0 Å². The maximum Gasteiger partial charge on any atom is 0.267 e. The second-order valence-electron chi connectivity index (χ2n) is 7.25. The molecule has 34 heavy (non-hydrogen) atoms. The molecule has 1 unspecified atom stereocenters. The minimum absolute atomic E-state index is 0.0387. The highest BCUT2D eigenvalue weighted by atomic mass is 32.1. The van der Waals surface area contributed by atoms with Gasteiger partial charge in [-0.15, -0.1) is 10.2 Å². The molecule has 1 amide bonds. The van der Waals surface area contributed by atoms with Crippen molar-refractivity contribution in [1.29, 1.82) is 0 Å². The van der Waals surface area contributed by atoms with Gasteiger partial charge in [-0.3, -0.25) is 14.9 Å². The molecule has 2 heterocycles. The highest BCUT2D eigenvalue weighted by Gasteiger charge is 2.25. The number of amides is 1. The Labute approximate surface area is 199 Å². The first-order valence-electron chi connectivity index (χ1n) is 10.5. The number of nitrogens with zero attached hydrogens (tertiary/aromatic N) is 2. The SMILES string of the molecule is CCC(Oc1c(-c2ccc(OC)cc2)oc2ccccc2c1=O)C(=O)Nc1nnc(COC)s1. The molecule has 2 aromatic heterocycles. The zero-order chi connectivity index (χ0) is 24.1. The van der Waals surface area contributed by atoms with E-state index in [1.54, 1.807) is 69.7 Å². The predicted molar refractivity (Wildman–Crippen MR) is 128 cm³/mol. The summed E-state index contributed by atoms with van der Waals surface area (Å²) in [5.41, 5.74) is 0.669. The first-order chi connectivity index (χ1) is 16.5. The molecule has 0 aliphatic carbocycles. The van der Waals surface area contributed by atoms with Crippen molar-refractivity contribution in [3.63, 3.8) is 0 Å². The number of anilines is 1. The molecule has 0 spiro atoms. The van der Waals surface area contributed by atoms with Crippen LogP contribution in [0.25, 0.3) is 22.3 Å². The molecule has 1 atom stereocenters. The fourth-order valence-electron chi connectivity index (χ4n) is 3.30. The summed E-state index contributed by atoms with van der Waals surface area (Å²) in [6, 6.07) is 13.9. The van der Waals surface area contributed by atoms with E-state index in [1.807, 2.05) is 0 Å². The summed E-state index contributed by atoms with van der Waals surface area (Å²) in [6.07, 6.45) is -0.653. The highest BCUT2D eigenvalue weighted by molar-refractivity contribution is 7.15. The van der Waals surface area contributed by atoms with Gasteiger partial charge in [0.05, 0.1) is 12.5 Å². The maximum absolute atomic E-state index is 13.4. The van der Waals surface area contributed by atoms with Gasteiger partial charge in [0.25, 0.3) is 5.91 Å². The summed E-state index contributed by atoms with van der Waals surface area (Å²) in [6.45, 7) is 2.08. The van der Waals surface area contributed by atoms with E-state index in [0.29, 0.717) is 45.4 Å². The van der Waals surface area contributed by atoms with Crippen LogP contribution in [0.4, 0.5) is 5.13 Å². The van der Waals surface area contributed by atoms with E-state index in [-0.39, 0.29) is 16.9 Å². The smallest absolute Gasteiger partial charge is 0.267 e. The van der Waals surface area contributed by atoms with Crippen molar-refractivity contribution in [2.75, 3.05) is 19.5 Å². The normalized spacial score (nSPS) is 11.9. The summed E-state index contributed by atoms with van der Waals surface area (Å²) in [4.78, 5) is 26.3. The molecule has 0 aliphatic heterocycles. The summed E-state index contributed by atoms with van der Waals surface area (Å²) in [5.74, 6) is 0.403. The molecule has 2 aromatic carbocycles. The van der Waals surface area contributed by atoms with E-state index in [0.717, 1.165) is 0 Å². The number of hydrogen-bond donors (Lipinski definition) is 1. The Kier molecular flexibility index (Phi) is 7.19. The molecule has 1 N–H and O–H groups in total. The maximum atomic E-state index is 13.4. The number of hydrogen-bond acceptors (Lipinski definition) is 9. The molecule has 4 aromatic rings. The molecule has 176 valence electrons. The van der Waals surface area contributed by atoms with Gasteiger partial charge in [0.2, 0.25) is 16.3 Å². The second-order valence-corrected chi connectivity index (χ2v) is 8.31. The Morgan fingerprint density at radius 1 is 1.12 bits per heavy atom. The van der Waals surface area contributed by atoms with Crippen molar-refractivity contribution in [2.24, 2.45) is 0 Å². The van der Waals surface area contributed by atoms with E-state index in [4.69, 9.17) is 18.6 Å². The van der Waals surface area contributed by atoms with Crippen molar-refractivity contribution in [3.05, 3.63) is 63.8 Å². The molecular formula is C24H23N3O6S. The van der Waals surface area contributed by atoms with Gasteiger partial charge in [0.1, 0.15) is 22.9 Å². The number of carbonyl (C=O) groups is 1. The average Bonchev–Trinajstić information content (AvgIpc) is 3.30. The van der Waals surface area contributed by atoms with Crippen molar-refractivity contribution in [1.82, 2.24) is 10.2 Å². The molecule has 0 saturated carbocycles. The largest absolute Gasteiger partial charge is 0.497 e. The third kappa shape index (κ3) is 4.92. The molecule has 9 nitrogen and oxygen atoms in total. The molecule has 0 fully saturated rings. The summed E-state index contributed by atoms with van der Waals surface area (Å²) < 4.78 is 22.3. The van der Waals surface area contributed by atoms with Gasteiger partial charge >= 0.3 is 0 Å². The van der Waals surface area contributed by atoms with Crippen LogP contribution in [-0.2, 0) is 16.1 Å². The fraction of sp³-hybridized carbons (Fsp3) is 0.250. The fourth-order valence-corrected chi connectivity index (χ4v) is 4.02. The third-order valence-electron chi connectivity index (χ3n) is 5.00. The number of rotatable bonds is 9. The Morgan fingerprint density at radius 2 is 1.88 bits per heavy atom. The molecule has 10 heteroatoms. The van der Waals surface area contributed by atoms with Crippen molar-refractivity contribution in [3.8, 4) is 22.8 Å². The summed E-state index contributed by atoms with van der Waals surface area (Å²) in [5, 5.41) is 11.9. The van der Waals surface area contributed by atoms with Gasteiger partial charge in [0.15, 0.2) is 11.9 Å². The highest BCUT2D eigenvalue weighted by Crippen LogP contribution is 2.33.